The molecule has 2 aromatic heterocycles. The Hall–Kier alpha value is -2.30. The summed E-state index contributed by atoms with van der Waals surface area (Å²) in [6.07, 6.45) is 1.55. The van der Waals surface area contributed by atoms with E-state index in [0.29, 0.717) is 5.56 Å². The zero-order valence-corrected chi connectivity index (χ0v) is 11.2. The van der Waals surface area contributed by atoms with E-state index in [-0.39, 0.29) is 17.8 Å². The number of carbonyl (C=O) groups excluding carboxylic acids is 1. The van der Waals surface area contributed by atoms with Crippen molar-refractivity contribution in [3.8, 4) is 0 Å². The summed E-state index contributed by atoms with van der Waals surface area (Å²) in [5.74, 6) is 1.63. The van der Waals surface area contributed by atoms with Gasteiger partial charge in [0.15, 0.2) is 0 Å². The molecular formula is C14H17N3O2. The van der Waals surface area contributed by atoms with Crippen molar-refractivity contribution in [2.24, 2.45) is 0 Å². The molecule has 0 aliphatic rings. The van der Waals surface area contributed by atoms with E-state index < -0.39 is 0 Å². The van der Waals surface area contributed by atoms with Crippen molar-refractivity contribution >= 4 is 11.7 Å². The van der Waals surface area contributed by atoms with Crippen LogP contribution in [0.25, 0.3) is 0 Å². The summed E-state index contributed by atoms with van der Waals surface area (Å²) in [5, 5.41) is 2.89. The van der Waals surface area contributed by atoms with Crippen LogP contribution in [0.5, 0.6) is 0 Å². The number of nitrogens with two attached hydrogens (primary N) is 1. The Bertz CT molecular complexity index is 604. The summed E-state index contributed by atoms with van der Waals surface area (Å²) in [6, 6.07) is 5.11. The number of aryl methyl sites for hydroxylation is 2. The van der Waals surface area contributed by atoms with Crippen LogP contribution in [0, 0.1) is 13.8 Å². The van der Waals surface area contributed by atoms with E-state index in [1.807, 2.05) is 26.8 Å². The molecule has 0 radical (unpaired) electrons. The minimum atomic E-state index is -0.239. The van der Waals surface area contributed by atoms with Crippen molar-refractivity contribution in [1.82, 2.24) is 10.3 Å². The van der Waals surface area contributed by atoms with Crippen molar-refractivity contribution in [3.05, 3.63) is 47.0 Å². The fraction of sp³-hybridized carbons (Fsp3) is 0.286. The molecule has 0 saturated heterocycles. The fourth-order valence-electron chi connectivity index (χ4n) is 2.04. The summed E-state index contributed by atoms with van der Waals surface area (Å²) in [6.45, 7) is 5.66. The largest absolute Gasteiger partial charge is 0.466 e. The molecule has 100 valence electrons. The highest BCUT2D eigenvalue weighted by atomic mass is 16.3. The third-order valence-corrected chi connectivity index (χ3v) is 2.98. The number of anilines is 1. The first-order chi connectivity index (χ1) is 8.99. The van der Waals surface area contributed by atoms with Crippen molar-refractivity contribution in [2.75, 3.05) is 5.73 Å². The molecule has 1 amide bonds. The van der Waals surface area contributed by atoms with Crippen LogP contribution in [0.1, 0.15) is 40.4 Å². The molecule has 2 rings (SSSR count). The number of pyridine rings is 1. The highest BCUT2D eigenvalue weighted by Gasteiger charge is 2.17. The van der Waals surface area contributed by atoms with Gasteiger partial charge >= 0.3 is 0 Å². The van der Waals surface area contributed by atoms with E-state index in [0.717, 1.165) is 17.1 Å². The Morgan fingerprint density at radius 3 is 2.79 bits per heavy atom. The van der Waals surface area contributed by atoms with Crippen LogP contribution >= 0.6 is 0 Å². The van der Waals surface area contributed by atoms with Gasteiger partial charge in [0.05, 0.1) is 11.6 Å². The number of hydrogen-bond donors (Lipinski definition) is 2. The lowest BCUT2D eigenvalue weighted by molar-refractivity contribution is 0.0940. The topological polar surface area (TPSA) is 81.2 Å². The summed E-state index contributed by atoms with van der Waals surface area (Å²) in [4.78, 5) is 16.0. The van der Waals surface area contributed by atoms with Gasteiger partial charge in [-0.1, -0.05) is 0 Å². The SMILES string of the molecule is Cc1cc(C(C)NC(=O)c2cccnc2N)c(C)o1. The maximum atomic E-state index is 12.1. The third-order valence-electron chi connectivity index (χ3n) is 2.98. The second kappa shape index (κ2) is 5.14. The lowest BCUT2D eigenvalue weighted by Crippen LogP contribution is -2.27. The third kappa shape index (κ3) is 2.76. The Labute approximate surface area is 111 Å². The number of nitrogen functional groups attached to an aromatic ring is 1. The molecule has 0 saturated carbocycles. The number of carbonyl (C=O) groups is 1. The highest BCUT2D eigenvalue weighted by molar-refractivity contribution is 5.98. The van der Waals surface area contributed by atoms with Gasteiger partial charge < -0.3 is 15.5 Å². The van der Waals surface area contributed by atoms with Crippen LogP contribution in [-0.4, -0.2) is 10.9 Å². The molecule has 0 fully saturated rings. The first kappa shape index (κ1) is 13.1. The summed E-state index contributed by atoms with van der Waals surface area (Å²) >= 11 is 0. The summed E-state index contributed by atoms with van der Waals surface area (Å²) < 4.78 is 5.46. The van der Waals surface area contributed by atoms with E-state index in [4.69, 9.17) is 10.2 Å². The molecule has 5 heteroatoms. The van der Waals surface area contributed by atoms with Gasteiger partial charge in [-0.05, 0) is 39.0 Å². The maximum Gasteiger partial charge on any atom is 0.255 e. The number of nitrogens with one attached hydrogen (secondary N) is 1. The lowest BCUT2D eigenvalue weighted by atomic mass is 10.1. The van der Waals surface area contributed by atoms with Crippen molar-refractivity contribution in [3.63, 3.8) is 0 Å². The highest BCUT2D eigenvalue weighted by Crippen LogP contribution is 2.21. The van der Waals surface area contributed by atoms with Gasteiger partial charge in [0.2, 0.25) is 0 Å². The van der Waals surface area contributed by atoms with Crippen LogP contribution in [0.2, 0.25) is 0 Å². The predicted octanol–water partition coefficient (Wildman–Crippen LogP) is 2.36. The predicted molar refractivity (Wildman–Crippen MR) is 72.7 cm³/mol. The molecule has 19 heavy (non-hydrogen) atoms. The number of furan rings is 1. The van der Waals surface area contributed by atoms with Crippen LogP contribution < -0.4 is 11.1 Å². The maximum absolute atomic E-state index is 12.1. The van der Waals surface area contributed by atoms with Crippen LogP contribution in [0.3, 0.4) is 0 Å². The van der Waals surface area contributed by atoms with Crippen LogP contribution in [0.4, 0.5) is 5.82 Å². The van der Waals surface area contributed by atoms with Crippen molar-refractivity contribution < 1.29 is 9.21 Å². The molecular weight excluding hydrogens is 242 g/mol. The molecule has 0 aromatic carbocycles. The molecule has 1 unspecified atom stereocenters. The van der Waals surface area contributed by atoms with Crippen molar-refractivity contribution in [1.29, 1.82) is 0 Å². The van der Waals surface area contributed by atoms with Gasteiger partial charge in [0.25, 0.3) is 5.91 Å². The standard InChI is InChI=1S/C14H17N3O2/c1-8-7-12(10(3)19-8)9(2)17-14(18)11-5-4-6-16-13(11)15/h4-7,9H,1-3H3,(H2,15,16)(H,17,18). The minimum Gasteiger partial charge on any atom is -0.466 e. The zero-order valence-electron chi connectivity index (χ0n) is 11.2. The molecule has 1 atom stereocenters. The molecule has 0 aliphatic heterocycles. The molecule has 0 spiro atoms. The van der Waals surface area contributed by atoms with E-state index in [1.165, 1.54) is 0 Å². The number of amides is 1. The molecule has 0 bridgehead atoms. The number of rotatable bonds is 3. The van der Waals surface area contributed by atoms with E-state index in [1.54, 1.807) is 18.3 Å². The molecule has 5 nitrogen and oxygen atoms in total. The van der Waals surface area contributed by atoms with Gasteiger partial charge in [0, 0.05) is 11.8 Å². The number of aromatic nitrogens is 1. The molecule has 2 heterocycles. The van der Waals surface area contributed by atoms with Gasteiger partial charge in [-0.2, -0.15) is 0 Å². The Morgan fingerprint density at radius 1 is 1.47 bits per heavy atom. The normalized spacial score (nSPS) is 12.2. The van der Waals surface area contributed by atoms with Gasteiger partial charge in [0.1, 0.15) is 17.3 Å². The average Bonchev–Trinajstić information content (AvgIpc) is 2.69. The second-order valence-electron chi connectivity index (χ2n) is 4.50. The Balaban J connectivity index is 2.15. The van der Waals surface area contributed by atoms with E-state index in [9.17, 15) is 4.79 Å². The Morgan fingerprint density at radius 2 is 2.21 bits per heavy atom. The summed E-state index contributed by atoms with van der Waals surface area (Å²) in [5.41, 5.74) is 7.03. The van der Waals surface area contributed by atoms with Gasteiger partial charge in [-0.15, -0.1) is 0 Å². The Kier molecular flexibility index (Phi) is 3.55. The quantitative estimate of drug-likeness (QED) is 0.886. The first-order valence-electron chi connectivity index (χ1n) is 6.07. The molecule has 3 N–H and O–H groups in total. The van der Waals surface area contributed by atoms with Gasteiger partial charge in [-0.3, -0.25) is 4.79 Å². The van der Waals surface area contributed by atoms with E-state index in [2.05, 4.69) is 10.3 Å². The molecule has 2 aromatic rings. The van der Waals surface area contributed by atoms with Gasteiger partial charge in [-0.25, -0.2) is 4.98 Å². The van der Waals surface area contributed by atoms with Crippen LogP contribution in [-0.2, 0) is 0 Å². The minimum absolute atomic E-state index is 0.149. The van der Waals surface area contributed by atoms with Crippen LogP contribution in [0.15, 0.2) is 28.8 Å². The van der Waals surface area contributed by atoms with Crippen molar-refractivity contribution in [2.45, 2.75) is 26.8 Å². The smallest absolute Gasteiger partial charge is 0.255 e. The number of nitrogens with zero attached hydrogens (tertiary/aromatic N) is 1. The molecule has 0 aliphatic carbocycles. The monoisotopic (exact) mass is 259 g/mol. The van der Waals surface area contributed by atoms with E-state index >= 15 is 0 Å². The average molecular weight is 259 g/mol. The summed E-state index contributed by atoms with van der Waals surface area (Å²) in [7, 11) is 0. The second-order valence-corrected chi connectivity index (χ2v) is 4.50. The number of hydrogen-bond acceptors (Lipinski definition) is 4. The lowest BCUT2D eigenvalue weighted by Gasteiger charge is -2.13. The zero-order chi connectivity index (χ0) is 14.0. The first-order valence-corrected chi connectivity index (χ1v) is 6.07. The fourth-order valence-corrected chi connectivity index (χ4v) is 2.04.